The molecule has 0 fully saturated rings. The molecule has 0 spiro atoms. The molecule has 0 radical (unpaired) electrons. The maximum atomic E-state index is 12.5. The van der Waals surface area contributed by atoms with Crippen molar-refractivity contribution in [2.24, 2.45) is 10.9 Å². The Hall–Kier alpha value is -2.14. The molecule has 0 aromatic heterocycles. The lowest BCUT2D eigenvalue weighted by atomic mass is 9.74. The van der Waals surface area contributed by atoms with Crippen LogP contribution in [0.15, 0.2) is 40.5 Å². The van der Waals surface area contributed by atoms with Crippen molar-refractivity contribution in [1.29, 1.82) is 0 Å². The van der Waals surface area contributed by atoms with Crippen LogP contribution in [0.2, 0.25) is 5.02 Å². The van der Waals surface area contributed by atoms with Crippen LogP contribution in [-0.2, 0) is 19.1 Å². The third kappa shape index (κ3) is 3.76. The van der Waals surface area contributed by atoms with E-state index >= 15 is 0 Å². The van der Waals surface area contributed by atoms with Crippen LogP contribution in [0.1, 0.15) is 38.2 Å². The van der Waals surface area contributed by atoms with Gasteiger partial charge in [0.05, 0.1) is 25.5 Å². The van der Waals surface area contributed by atoms with E-state index < -0.39 is 23.8 Å². The quantitative estimate of drug-likeness (QED) is 0.744. The van der Waals surface area contributed by atoms with E-state index in [2.05, 4.69) is 4.99 Å². The molecule has 0 saturated heterocycles. The van der Waals surface area contributed by atoms with E-state index in [1.807, 2.05) is 26.0 Å². The average molecular weight is 364 g/mol. The number of halogens is 1. The predicted octanol–water partition coefficient (Wildman–Crippen LogP) is 3.91. The van der Waals surface area contributed by atoms with Gasteiger partial charge in [-0.1, -0.05) is 37.6 Å². The molecule has 1 aromatic rings. The first kappa shape index (κ1) is 19.2. The zero-order chi connectivity index (χ0) is 18.6. The molecule has 0 bridgehead atoms. The Labute approximate surface area is 152 Å². The largest absolute Gasteiger partial charge is 0.468 e. The van der Waals surface area contributed by atoms with Gasteiger partial charge in [-0.3, -0.25) is 9.79 Å². The number of carbonyl (C=O) groups excluding carboxylic acids is 2. The first-order valence-corrected chi connectivity index (χ1v) is 8.58. The molecule has 2 atom stereocenters. The number of esters is 2. The van der Waals surface area contributed by atoms with Crippen LogP contribution in [-0.4, -0.2) is 31.9 Å². The van der Waals surface area contributed by atoms with Gasteiger partial charge in [-0.05, 0) is 30.5 Å². The summed E-state index contributed by atoms with van der Waals surface area (Å²) in [5.74, 6) is -2.08. The van der Waals surface area contributed by atoms with Crippen LogP contribution < -0.4 is 0 Å². The molecule has 1 aromatic carbocycles. The summed E-state index contributed by atoms with van der Waals surface area (Å²) in [6, 6.07) is 7.11. The summed E-state index contributed by atoms with van der Waals surface area (Å²) in [6.45, 7) is 3.86. The number of ether oxygens (including phenoxy) is 2. The number of rotatable bonds is 5. The van der Waals surface area contributed by atoms with E-state index in [0.717, 1.165) is 5.56 Å². The van der Waals surface area contributed by atoms with Crippen molar-refractivity contribution in [3.8, 4) is 0 Å². The van der Waals surface area contributed by atoms with Crippen molar-refractivity contribution in [1.82, 2.24) is 0 Å². The predicted molar refractivity (Wildman–Crippen MR) is 96.8 cm³/mol. The number of nitrogens with zero attached hydrogens (tertiary/aromatic N) is 1. The number of hydrogen-bond acceptors (Lipinski definition) is 5. The zero-order valence-electron chi connectivity index (χ0n) is 14.8. The van der Waals surface area contributed by atoms with Crippen LogP contribution in [0, 0.1) is 5.92 Å². The molecule has 1 heterocycles. The molecule has 5 nitrogen and oxygen atoms in total. The van der Waals surface area contributed by atoms with Gasteiger partial charge in [-0.15, -0.1) is 0 Å². The van der Waals surface area contributed by atoms with E-state index in [4.69, 9.17) is 21.1 Å². The van der Waals surface area contributed by atoms with Crippen molar-refractivity contribution in [2.45, 2.75) is 32.6 Å². The number of allylic oxidation sites excluding steroid dienone is 1. The van der Waals surface area contributed by atoms with Gasteiger partial charge in [0, 0.05) is 16.7 Å². The van der Waals surface area contributed by atoms with E-state index in [0.29, 0.717) is 34.8 Å². The van der Waals surface area contributed by atoms with Gasteiger partial charge in [0.1, 0.15) is 5.92 Å². The maximum Gasteiger partial charge on any atom is 0.336 e. The molecule has 0 amide bonds. The Morgan fingerprint density at radius 1 is 1.08 bits per heavy atom. The summed E-state index contributed by atoms with van der Waals surface area (Å²) < 4.78 is 9.99. The SMILES string of the molecule is CCC1=NC(CC)=C(C(=O)OC)C(c2ccc(Cl)cc2)C1C(=O)OC. The van der Waals surface area contributed by atoms with E-state index in [9.17, 15) is 9.59 Å². The third-order valence-corrected chi connectivity index (χ3v) is 4.63. The smallest absolute Gasteiger partial charge is 0.336 e. The average Bonchev–Trinajstić information content (AvgIpc) is 2.65. The molecular formula is C19H22ClNO4. The van der Waals surface area contributed by atoms with Gasteiger partial charge < -0.3 is 9.47 Å². The van der Waals surface area contributed by atoms with Gasteiger partial charge in [0.25, 0.3) is 0 Å². The molecule has 0 aliphatic carbocycles. The van der Waals surface area contributed by atoms with E-state index in [1.54, 1.807) is 12.1 Å². The summed E-state index contributed by atoms with van der Waals surface area (Å²) in [4.78, 5) is 29.6. The molecule has 1 aliphatic rings. The van der Waals surface area contributed by atoms with Crippen molar-refractivity contribution in [2.75, 3.05) is 14.2 Å². The Kier molecular flexibility index (Phi) is 6.37. The molecule has 6 heteroatoms. The van der Waals surface area contributed by atoms with Crippen molar-refractivity contribution >= 4 is 29.3 Å². The number of hydrogen-bond donors (Lipinski definition) is 0. The first-order chi connectivity index (χ1) is 12.0. The van der Waals surface area contributed by atoms with E-state index in [-0.39, 0.29) is 0 Å². The van der Waals surface area contributed by atoms with Gasteiger partial charge >= 0.3 is 11.9 Å². The molecule has 0 saturated carbocycles. The molecular weight excluding hydrogens is 342 g/mol. The van der Waals surface area contributed by atoms with Crippen LogP contribution in [0.25, 0.3) is 0 Å². The first-order valence-electron chi connectivity index (χ1n) is 8.20. The van der Waals surface area contributed by atoms with Crippen molar-refractivity contribution < 1.29 is 19.1 Å². The highest BCUT2D eigenvalue weighted by molar-refractivity contribution is 6.30. The highest BCUT2D eigenvalue weighted by atomic mass is 35.5. The molecule has 2 rings (SSSR count). The van der Waals surface area contributed by atoms with Gasteiger partial charge in [0.15, 0.2) is 0 Å². The monoisotopic (exact) mass is 363 g/mol. The summed E-state index contributed by atoms with van der Waals surface area (Å²) in [6.07, 6.45) is 1.15. The molecule has 2 unspecified atom stereocenters. The highest BCUT2D eigenvalue weighted by Gasteiger charge is 2.43. The lowest BCUT2D eigenvalue weighted by Crippen LogP contribution is -2.37. The zero-order valence-corrected chi connectivity index (χ0v) is 15.6. The normalized spacial score (nSPS) is 20.1. The number of carbonyl (C=O) groups is 2. The molecule has 0 N–H and O–H groups in total. The Balaban J connectivity index is 2.73. The highest BCUT2D eigenvalue weighted by Crippen LogP contribution is 2.41. The summed E-state index contributed by atoms with van der Waals surface area (Å²) in [7, 11) is 2.67. The Bertz CT molecular complexity index is 721. The summed E-state index contributed by atoms with van der Waals surface area (Å²) >= 11 is 6.00. The number of methoxy groups -OCH3 is 2. The standard InChI is InChI=1S/C19H22ClNO4/c1-5-13-16(18(22)24-3)15(11-7-9-12(20)10-8-11)17(19(23)25-4)14(6-2)21-13/h7-10,15-16H,5-6H2,1-4H3. The number of benzene rings is 1. The third-order valence-electron chi connectivity index (χ3n) is 4.38. The van der Waals surface area contributed by atoms with Gasteiger partial charge in [-0.2, -0.15) is 0 Å². The lowest BCUT2D eigenvalue weighted by Gasteiger charge is -2.32. The fourth-order valence-corrected chi connectivity index (χ4v) is 3.32. The van der Waals surface area contributed by atoms with Crippen LogP contribution in [0.3, 0.4) is 0 Å². The molecule has 1 aliphatic heterocycles. The van der Waals surface area contributed by atoms with Crippen LogP contribution in [0.5, 0.6) is 0 Å². The number of aliphatic imine (C=N–C) groups is 1. The summed E-state index contributed by atoms with van der Waals surface area (Å²) in [5, 5.41) is 0.581. The van der Waals surface area contributed by atoms with Crippen molar-refractivity contribution in [3.05, 3.63) is 46.1 Å². The maximum absolute atomic E-state index is 12.5. The topological polar surface area (TPSA) is 65.0 Å². The van der Waals surface area contributed by atoms with Crippen LogP contribution in [0.4, 0.5) is 0 Å². The minimum atomic E-state index is -0.666. The Morgan fingerprint density at radius 3 is 2.20 bits per heavy atom. The van der Waals surface area contributed by atoms with Gasteiger partial charge in [0.2, 0.25) is 0 Å². The summed E-state index contributed by atoms with van der Waals surface area (Å²) in [5.41, 5.74) is 2.55. The fraction of sp³-hybridized carbons (Fsp3) is 0.421. The van der Waals surface area contributed by atoms with Gasteiger partial charge in [-0.25, -0.2) is 4.79 Å². The van der Waals surface area contributed by atoms with Crippen LogP contribution >= 0.6 is 11.6 Å². The Morgan fingerprint density at radius 2 is 1.72 bits per heavy atom. The van der Waals surface area contributed by atoms with Crippen molar-refractivity contribution in [3.63, 3.8) is 0 Å². The fourth-order valence-electron chi connectivity index (χ4n) is 3.19. The van der Waals surface area contributed by atoms with E-state index in [1.165, 1.54) is 14.2 Å². The minimum Gasteiger partial charge on any atom is -0.468 e. The molecule has 25 heavy (non-hydrogen) atoms. The lowest BCUT2D eigenvalue weighted by molar-refractivity contribution is -0.143. The molecule has 134 valence electrons. The second-order valence-electron chi connectivity index (χ2n) is 5.69. The second-order valence-corrected chi connectivity index (χ2v) is 6.13. The minimum absolute atomic E-state index is 0.403. The second kappa shape index (κ2) is 8.30.